The van der Waals surface area contributed by atoms with Crippen LogP contribution in [0.1, 0.15) is 15.9 Å². The lowest BCUT2D eigenvalue weighted by molar-refractivity contribution is 0.0697. The average Bonchev–Trinajstić information content (AvgIpc) is 2.29. The van der Waals surface area contributed by atoms with Gasteiger partial charge in [-0.25, -0.2) is 13.2 Å². The summed E-state index contributed by atoms with van der Waals surface area (Å²) in [7, 11) is -2.89. The number of hydrogen-bond acceptors (Lipinski definition) is 4. The van der Waals surface area contributed by atoms with Crippen molar-refractivity contribution in [3.63, 3.8) is 0 Å². The maximum atomic E-state index is 11.4. The summed E-state index contributed by atoms with van der Waals surface area (Å²) >= 11 is 0. The van der Waals surface area contributed by atoms with Gasteiger partial charge in [0.25, 0.3) is 0 Å². The number of aryl methyl sites for hydroxylation is 1. The van der Waals surface area contributed by atoms with E-state index in [-0.39, 0.29) is 17.1 Å². The van der Waals surface area contributed by atoms with Crippen LogP contribution in [0.3, 0.4) is 0 Å². The number of carboxylic acid groups (broad SMARTS) is 1. The van der Waals surface area contributed by atoms with E-state index in [1.165, 1.54) is 0 Å². The van der Waals surface area contributed by atoms with Gasteiger partial charge in [0.05, 0.1) is 17.1 Å². The second-order valence-corrected chi connectivity index (χ2v) is 6.75. The van der Waals surface area contributed by atoms with Crippen molar-refractivity contribution in [3.8, 4) is 0 Å². The number of nitrogens with zero attached hydrogens (tertiary/aromatic N) is 1. The topological polar surface area (TPSA) is 74.7 Å². The van der Waals surface area contributed by atoms with Gasteiger partial charge in [0.2, 0.25) is 0 Å². The van der Waals surface area contributed by atoms with Gasteiger partial charge in [0, 0.05) is 18.8 Å². The first-order valence-electron chi connectivity index (χ1n) is 5.68. The average molecular weight is 269 g/mol. The Bertz CT molecular complexity index is 566. The van der Waals surface area contributed by atoms with Crippen molar-refractivity contribution in [1.82, 2.24) is 0 Å². The van der Waals surface area contributed by atoms with E-state index in [1.54, 1.807) is 18.2 Å². The van der Waals surface area contributed by atoms with E-state index in [0.717, 1.165) is 11.3 Å². The standard InChI is InChI=1S/C12H15NO4S/c1-9-8-10(12(14)15)2-3-11(9)13-4-6-18(16,17)7-5-13/h2-3,8H,4-7H2,1H3,(H,14,15). The van der Waals surface area contributed by atoms with Gasteiger partial charge in [-0.3, -0.25) is 0 Å². The van der Waals surface area contributed by atoms with E-state index in [1.807, 2.05) is 11.8 Å². The first kappa shape index (κ1) is 12.9. The molecule has 0 saturated carbocycles. The smallest absolute Gasteiger partial charge is 0.335 e. The Morgan fingerprint density at radius 3 is 2.39 bits per heavy atom. The fourth-order valence-electron chi connectivity index (χ4n) is 2.10. The van der Waals surface area contributed by atoms with Crippen LogP contribution in [0.4, 0.5) is 5.69 Å². The van der Waals surface area contributed by atoms with Crippen molar-refractivity contribution in [2.75, 3.05) is 29.5 Å². The maximum absolute atomic E-state index is 11.4. The number of carbonyl (C=O) groups is 1. The van der Waals surface area contributed by atoms with Gasteiger partial charge in [-0.2, -0.15) is 0 Å². The predicted molar refractivity (Wildman–Crippen MR) is 69.0 cm³/mol. The van der Waals surface area contributed by atoms with Crippen LogP contribution < -0.4 is 4.90 Å². The van der Waals surface area contributed by atoms with Crippen LogP contribution in [-0.4, -0.2) is 44.1 Å². The number of rotatable bonds is 2. The molecule has 2 rings (SSSR count). The van der Waals surface area contributed by atoms with Gasteiger partial charge in [-0.05, 0) is 30.7 Å². The second-order valence-electron chi connectivity index (χ2n) is 4.45. The van der Waals surface area contributed by atoms with Crippen LogP contribution in [0, 0.1) is 6.92 Å². The molecule has 1 aliphatic heterocycles. The van der Waals surface area contributed by atoms with Crippen LogP contribution in [0.2, 0.25) is 0 Å². The Kier molecular flexibility index (Phi) is 3.30. The molecule has 5 nitrogen and oxygen atoms in total. The molecule has 1 fully saturated rings. The third kappa shape index (κ3) is 2.64. The van der Waals surface area contributed by atoms with Crippen molar-refractivity contribution >= 4 is 21.5 Å². The molecule has 0 radical (unpaired) electrons. The summed E-state index contributed by atoms with van der Waals surface area (Å²) in [6.07, 6.45) is 0. The molecule has 0 bridgehead atoms. The summed E-state index contributed by atoms with van der Waals surface area (Å²) < 4.78 is 22.7. The highest BCUT2D eigenvalue weighted by molar-refractivity contribution is 7.91. The van der Waals surface area contributed by atoms with Crippen LogP contribution >= 0.6 is 0 Å². The monoisotopic (exact) mass is 269 g/mol. The third-order valence-electron chi connectivity index (χ3n) is 3.13. The Hall–Kier alpha value is -1.56. The minimum atomic E-state index is -2.89. The number of hydrogen-bond donors (Lipinski definition) is 1. The lowest BCUT2D eigenvalue weighted by Crippen LogP contribution is -2.40. The van der Waals surface area contributed by atoms with E-state index in [2.05, 4.69) is 0 Å². The summed E-state index contributed by atoms with van der Waals surface area (Å²) in [5.74, 6) is -0.633. The van der Waals surface area contributed by atoms with Gasteiger partial charge in [0.1, 0.15) is 0 Å². The van der Waals surface area contributed by atoms with Gasteiger partial charge >= 0.3 is 5.97 Å². The molecule has 0 amide bonds. The van der Waals surface area contributed by atoms with Gasteiger partial charge in [-0.1, -0.05) is 0 Å². The number of anilines is 1. The zero-order chi connectivity index (χ0) is 13.3. The Morgan fingerprint density at radius 2 is 1.89 bits per heavy atom. The number of aromatic carboxylic acids is 1. The molecule has 1 aliphatic rings. The molecule has 0 aliphatic carbocycles. The van der Waals surface area contributed by atoms with Crippen molar-refractivity contribution in [2.24, 2.45) is 0 Å². The van der Waals surface area contributed by atoms with E-state index in [0.29, 0.717) is 13.1 Å². The molecule has 1 N–H and O–H groups in total. The van der Waals surface area contributed by atoms with Crippen molar-refractivity contribution in [2.45, 2.75) is 6.92 Å². The third-order valence-corrected chi connectivity index (χ3v) is 4.74. The highest BCUT2D eigenvalue weighted by atomic mass is 32.2. The molecule has 1 aromatic rings. The lowest BCUT2D eigenvalue weighted by atomic mass is 10.1. The minimum Gasteiger partial charge on any atom is -0.478 e. The van der Waals surface area contributed by atoms with Crippen LogP contribution in [0.5, 0.6) is 0 Å². The first-order chi connectivity index (χ1) is 8.39. The fraction of sp³-hybridized carbons (Fsp3) is 0.417. The lowest BCUT2D eigenvalue weighted by Gasteiger charge is -2.30. The van der Waals surface area contributed by atoms with Gasteiger partial charge < -0.3 is 10.0 Å². The highest BCUT2D eigenvalue weighted by Gasteiger charge is 2.22. The molecule has 6 heteroatoms. The van der Waals surface area contributed by atoms with Crippen LogP contribution in [0.25, 0.3) is 0 Å². The number of carboxylic acids is 1. The molecular weight excluding hydrogens is 254 g/mol. The van der Waals surface area contributed by atoms with Crippen LogP contribution in [-0.2, 0) is 9.84 Å². The summed E-state index contributed by atoms with van der Waals surface area (Å²) in [5, 5.41) is 8.89. The second kappa shape index (κ2) is 4.61. The first-order valence-corrected chi connectivity index (χ1v) is 7.50. The van der Waals surface area contributed by atoms with Crippen molar-refractivity contribution < 1.29 is 18.3 Å². The van der Waals surface area contributed by atoms with Crippen molar-refractivity contribution in [3.05, 3.63) is 29.3 Å². The summed E-state index contributed by atoms with van der Waals surface area (Å²) in [6, 6.07) is 4.91. The summed E-state index contributed by atoms with van der Waals surface area (Å²) in [5.41, 5.74) is 2.02. The van der Waals surface area contributed by atoms with Crippen molar-refractivity contribution in [1.29, 1.82) is 0 Å². The Balaban J connectivity index is 2.22. The normalized spacial score (nSPS) is 18.6. The summed E-state index contributed by atoms with van der Waals surface area (Å²) in [4.78, 5) is 12.8. The van der Waals surface area contributed by atoms with E-state index in [4.69, 9.17) is 5.11 Å². The largest absolute Gasteiger partial charge is 0.478 e. The number of sulfone groups is 1. The molecule has 98 valence electrons. The fourth-order valence-corrected chi connectivity index (χ4v) is 3.30. The van der Waals surface area contributed by atoms with E-state index in [9.17, 15) is 13.2 Å². The van der Waals surface area contributed by atoms with Gasteiger partial charge in [-0.15, -0.1) is 0 Å². The molecule has 18 heavy (non-hydrogen) atoms. The van der Waals surface area contributed by atoms with Gasteiger partial charge in [0.15, 0.2) is 9.84 Å². The molecule has 1 aromatic carbocycles. The quantitative estimate of drug-likeness (QED) is 0.864. The zero-order valence-electron chi connectivity index (χ0n) is 10.1. The predicted octanol–water partition coefficient (Wildman–Crippen LogP) is 0.928. The molecule has 0 atom stereocenters. The van der Waals surface area contributed by atoms with E-state index < -0.39 is 15.8 Å². The highest BCUT2D eigenvalue weighted by Crippen LogP contribution is 2.23. The maximum Gasteiger partial charge on any atom is 0.335 e. The Morgan fingerprint density at radius 1 is 1.28 bits per heavy atom. The molecule has 1 heterocycles. The van der Waals surface area contributed by atoms with Crippen LogP contribution in [0.15, 0.2) is 18.2 Å². The zero-order valence-corrected chi connectivity index (χ0v) is 10.9. The molecule has 0 unspecified atom stereocenters. The molecule has 1 saturated heterocycles. The van der Waals surface area contributed by atoms with E-state index >= 15 is 0 Å². The minimum absolute atomic E-state index is 0.160. The molecule has 0 spiro atoms. The number of benzene rings is 1. The summed E-state index contributed by atoms with van der Waals surface area (Å²) in [6.45, 7) is 2.77. The molecular formula is C12H15NO4S. The molecule has 0 aromatic heterocycles. The SMILES string of the molecule is Cc1cc(C(=O)O)ccc1N1CCS(=O)(=O)CC1. The Labute approximate surface area is 106 Å².